The molecule has 0 amide bonds. The molecule has 3 heterocycles. The molecule has 1 aliphatic heterocycles. The molecule has 1 aliphatic rings. The highest BCUT2D eigenvalue weighted by atomic mass is 16.5. The summed E-state index contributed by atoms with van der Waals surface area (Å²) in [5.41, 5.74) is 0.630. The minimum atomic E-state index is -0.125. The predicted molar refractivity (Wildman–Crippen MR) is 76.8 cm³/mol. The van der Waals surface area contributed by atoms with Crippen LogP contribution in [0.5, 0.6) is 0 Å². The molecular weight excluding hydrogens is 270 g/mol. The molecule has 3 rings (SSSR count). The molecule has 0 saturated carbocycles. The van der Waals surface area contributed by atoms with Gasteiger partial charge in [0.05, 0.1) is 31.5 Å². The number of rotatable bonds is 3. The molecule has 1 N–H and O–H groups in total. The van der Waals surface area contributed by atoms with Gasteiger partial charge in [-0.2, -0.15) is 0 Å². The topological polar surface area (TPSA) is 76.0 Å². The Morgan fingerprint density at radius 2 is 2.38 bits per heavy atom. The highest BCUT2D eigenvalue weighted by molar-refractivity contribution is 5.09. The maximum Gasteiger partial charge on any atom is 0.251 e. The van der Waals surface area contributed by atoms with Gasteiger partial charge < -0.3 is 14.3 Å². The lowest BCUT2D eigenvalue weighted by molar-refractivity contribution is -0.0158. The Morgan fingerprint density at radius 1 is 1.52 bits per heavy atom. The Morgan fingerprint density at radius 3 is 3.10 bits per heavy atom. The zero-order valence-corrected chi connectivity index (χ0v) is 12.2. The second-order valence-corrected chi connectivity index (χ2v) is 5.27. The SMILES string of the molecule is Cc1nc([C@H]2COCCN2Cc2nccn2C)cc(=O)[nH]1. The number of ether oxygens (including phenoxy) is 1. The lowest BCUT2D eigenvalue weighted by Gasteiger charge is -2.34. The van der Waals surface area contributed by atoms with E-state index in [0.717, 1.165) is 18.1 Å². The van der Waals surface area contributed by atoms with Gasteiger partial charge in [-0.15, -0.1) is 0 Å². The van der Waals surface area contributed by atoms with E-state index in [1.54, 1.807) is 19.2 Å². The fourth-order valence-corrected chi connectivity index (χ4v) is 2.60. The Labute approximate surface area is 122 Å². The van der Waals surface area contributed by atoms with Gasteiger partial charge in [-0.3, -0.25) is 9.69 Å². The van der Waals surface area contributed by atoms with E-state index in [1.165, 1.54) is 0 Å². The Kier molecular flexibility index (Phi) is 3.85. The van der Waals surface area contributed by atoms with Gasteiger partial charge in [-0.25, -0.2) is 9.97 Å². The molecule has 1 fully saturated rings. The first-order chi connectivity index (χ1) is 10.1. The molecule has 0 spiro atoms. The van der Waals surface area contributed by atoms with Gasteiger partial charge in [0.1, 0.15) is 11.6 Å². The van der Waals surface area contributed by atoms with E-state index in [9.17, 15) is 4.79 Å². The van der Waals surface area contributed by atoms with E-state index >= 15 is 0 Å². The van der Waals surface area contributed by atoms with Crippen molar-refractivity contribution in [3.8, 4) is 0 Å². The van der Waals surface area contributed by atoms with Crippen LogP contribution in [-0.2, 0) is 18.3 Å². The Balaban J connectivity index is 1.87. The fraction of sp³-hybridized carbons (Fsp3) is 0.500. The summed E-state index contributed by atoms with van der Waals surface area (Å²) in [7, 11) is 1.98. The van der Waals surface area contributed by atoms with Crippen LogP contribution in [0.1, 0.15) is 23.4 Å². The highest BCUT2D eigenvalue weighted by Gasteiger charge is 2.27. The third-order valence-corrected chi connectivity index (χ3v) is 3.73. The second kappa shape index (κ2) is 5.79. The summed E-state index contributed by atoms with van der Waals surface area (Å²) < 4.78 is 7.58. The summed E-state index contributed by atoms with van der Waals surface area (Å²) in [4.78, 5) is 25.4. The molecule has 21 heavy (non-hydrogen) atoms. The fourth-order valence-electron chi connectivity index (χ4n) is 2.60. The summed E-state index contributed by atoms with van der Waals surface area (Å²) in [6.07, 6.45) is 3.72. The van der Waals surface area contributed by atoms with E-state index in [-0.39, 0.29) is 11.6 Å². The van der Waals surface area contributed by atoms with Crippen LogP contribution in [-0.4, -0.2) is 44.2 Å². The van der Waals surface area contributed by atoms with Crippen molar-refractivity contribution < 1.29 is 4.74 Å². The van der Waals surface area contributed by atoms with Crippen LogP contribution in [0.2, 0.25) is 0 Å². The maximum absolute atomic E-state index is 11.7. The summed E-state index contributed by atoms with van der Waals surface area (Å²) in [6, 6.07) is 1.54. The van der Waals surface area contributed by atoms with E-state index in [4.69, 9.17) is 4.74 Å². The van der Waals surface area contributed by atoms with Crippen LogP contribution in [0.4, 0.5) is 0 Å². The number of nitrogens with zero attached hydrogens (tertiary/aromatic N) is 4. The lowest BCUT2D eigenvalue weighted by atomic mass is 10.1. The average Bonchev–Trinajstić information content (AvgIpc) is 2.84. The van der Waals surface area contributed by atoms with Crippen LogP contribution in [0.15, 0.2) is 23.3 Å². The molecule has 1 atom stereocenters. The molecule has 0 unspecified atom stereocenters. The number of hydrogen-bond acceptors (Lipinski definition) is 5. The molecule has 0 aromatic carbocycles. The molecule has 2 aromatic rings. The molecular formula is C14H19N5O2. The zero-order valence-electron chi connectivity index (χ0n) is 12.2. The lowest BCUT2D eigenvalue weighted by Crippen LogP contribution is -2.40. The number of aromatic amines is 1. The average molecular weight is 289 g/mol. The zero-order chi connectivity index (χ0) is 14.8. The van der Waals surface area contributed by atoms with Gasteiger partial charge in [0, 0.05) is 32.1 Å². The smallest absolute Gasteiger partial charge is 0.251 e. The van der Waals surface area contributed by atoms with Gasteiger partial charge in [0.15, 0.2) is 0 Å². The van der Waals surface area contributed by atoms with E-state index in [1.807, 2.05) is 17.8 Å². The van der Waals surface area contributed by atoms with Crippen LogP contribution < -0.4 is 5.56 Å². The number of aromatic nitrogens is 4. The van der Waals surface area contributed by atoms with E-state index in [2.05, 4.69) is 19.9 Å². The number of nitrogens with one attached hydrogen (secondary N) is 1. The number of aryl methyl sites for hydroxylation is 2. The van der Waals surface area contributed by atoms with Crippen molar-refractivity contribution in [1.29, 1.82) is 0 Å². The number of imidazole rings is 1. The molecule has 0 radical (unpaired) electrons. The highest BCUT2D eigenvalue weighted by Crippen LogP contribution is 2.23. The third kappa shape index (κ3) is 3.03. The normalized spacial score (nSPS) is 19.8. The first-order valence-electron chi connectivity index (χ1n) is 6.99. The number of morpholine rings is 1. The Bertz CT molecular complexity index is 678. The first kappa shape index (κ1) is 14.0. The first-order valence-corrected chi connectivity index (χ1v) is 6.99. The summed E-state index contributed by atoms with van der Waals surface area (Å²) in [5, 5.41) is 0. The molecule has 0 bridgehead atoms. The van der Waals surface area contributed by atoms with E-state index < -0.39 is 0 Å². The van der Waals surface area contributed by atoms with Gasteiger partial charge in [0.2, 0.25) is 0 Å². The van der Waals surface area contributed by atoms with Crippen LogP contribution >= 0.6 is 0 Å². The van der Waals surface area contributed by atoms with Crippen molar-refractivity contribution in [2.45, 2.75) is 19.5 Å². The largest absolute Gasteiger partial charge is 0.378 e. The van der Waals surface area contributed by atoms with Crippen LogP contribution in [0.3, 0.4) is 0 Å². The molecule has 7 heteroatoms. The van der Waals surface area contributed by atoms with Crippen LogP contribution in [0, 0.1) is 6.92 Å². The van der Waals surface area contributed by atoms with Gasteiger partial charge in [-0.05, 0) is 6.92 Å². The number of H-pyrrole nitrogens is 1. The van der Waals surface area contributed by atoms with Gasteiger partial charge in [0.25, 0.3) is 5.56 Å². The molecule has 0 aliphatic carbocycles. The summed E-state index contributed by atoms with van der Waals surface area (Å²) in [5.74, 6) is 1.61. The van der Waals surface area contributed by atoms with Crippen LogP contribution in [0.25, 0.3) is 0 Å². The number of hydrogen-bond donors (Lipinski definition) is 1. The quantitative estimate of drug-likeness (QED) is 0.884. The minimum Gasteiger partial charge on any atom is -0.378 e. The Hall–Kier alpha value is -1.99. The molecule has 2 aromatic heterocycles. The molecule has 7 nitrogen and oxygen atoms in total. The van der Waals surface area contributed by atoms with Gasteiger partial charge in [-0.1, -0.05) is 0 Å². The second-order valence-electron chi connectivity index (χ2n) is 5.27. The predicted octanol–water partition coefficient (Wildman–Crippen LogP) is 0.385. The summed E-state index contributed by atoms with van der Waals surface area (Å²) >= 11 is 0. The monoisotopic (exact) mass is 289 g/mol. The summed E-state index contributed by atoms with van der Waals surface area (Å²) in [6.45, 7) is 4.52. The van der Waals surface area contributed by atoms with Crippen molar-refractivity contribution in [2.75, 3.05) is 19.8 Å². The molecule has 112 valence electrons. The van der Waals surface area contributed by atoms with Crippen molar-refractivity contribution in [2.24, 2.45) is 7.05 Å². The van der Waals surface area contributed by atoms with Crippen molar-refractivity contribution in [1.82, 2.24) is 24.4 Å². The standard InChI is InChI=1S/C14H19N5O2/c1-10-16-11(7-14(20)17-10)12-9-21-6-5-19(12)8-13-15-3-4-18(13)2/h3-4,7,12H,5-6,8-9H2,1-2H3,(H,16,17,20)/t12-/m1/s1. The third-order valence-electron chi connectivity index (χ3n) is 3.73. The molecule has 1 saturated heterocycles. The maximum atomic E-state index is 11.7. The minimum absolute atomic E-state index is 0.0172. The van der Waals surface area contributed by atoms with E-state index in [0.29, 0.717) is 25.6 Å². The van der Waals surface area contributed by atoms with Crippen molar-refractivity contribution in [3.63, 3.8) is 0 Å². The van der Waals surface area contributed by atoms with Crippen molar-refractivity contribution in [3.05, 3.63) is 46.2 Å². The van der Waals surface area contributed by atoms with Crippen molar-refractivity contribution >= 4 is 0 Å². The van der Waals surface area contributed by atoms with Gasteiger partial charge >= 0.3 is 0 Å².